The first-order valence-electron chi connectivity index (χ1n) is 4.30. The van der Waals surface area contributed by atoms with E-state index >= 15 is 0 Å². The number of carbonyl (C=O) groups excluding carboxylic acids is 1. The third-order valence-electron chi connectivity index (χ3n) is 1.91. The molecule has 0 amide bonds. The maximum absolute atomic E-state index is 13.6. The Morgan fingerprint density at radius 2 is 2.12 bits per heavy atom. The van der Waals surface area contributed by atoms with Gasteiger partial charge in [0.2, 0.25) is 5.82 Å². The first-order valence-corrected chi connectivity index (χ1v) is 4.30. The molecule has 0 aliphatic carbocycles. The summed E-state index contributed by atoms with van der Waals surface area (Å²) < 4.78 is 13.6. The van der Waals surface area contributed by atoms with Crippen molar-refractivity contribution < 1.29 is 24.0 Å². The van der Waals surface area contributed by atoms with Gasteiger partial charge in [0, 0.05) is 23.3 Å². The number of aldehydes is 1. The van der Waals surface area contributed by atoms with Crippen LogP contribution in [-0.4, -0.2) is 22.3 Å². The summed E-state index contributed by atoms with van der Waals surface area (Å²) in [4.78, 5) is 30.4. The molecule has 0 spiro atoms. The number of halogens is 1. The van der Waals surface area contributed by atoms with Gasteiger partial charge in [-0.25, -0.2) is 4.79 Å². The smallest absolute Gasteiger partial charge is 0.328 e. The molecule has 1 N–H and O–H groups in total. The molecule has 0 aliphatic heterocycles. The average Bonchev–Trinajstić information content (AvgIpc) is 2.26. The molecule has 17 heavy (non-hydrogen) atoms. The molecule has 0 atom stereocenters. The molecule has 1 aromatic rings. The Hall–Kier alpha value is -2.57. The summed E-state index contributed by atoms with van der Waals surface area (Å²) in [5.74, 6) is -2.59. The Balaban J connectivity index is 3.42. The van der Waals surface area contributed by atoms with Gasteiger partial charge in [0.05, 0.1) is 4.92 Å². The van der Waals surface area contributed by atoms with Crippen molar-refractivity contribution in [3.8, 4) is 0 Å². The van der Waals surface area contributed by atoms with Crippen LogP contribution in [0.3, 0.4) is 0 Å². The molecule has 0 radical (unpaired) electrons. The van der Waals surface area contributed by atoms with Gasteiger partial charge < -0.3 is 5.11 Å². The fraction of sp³-hybridized carbons (Fsp3) is 0. The summed E-state index contributed by atoms with van der Waals surface area (Å²) in [5.41, 5.74) is -1.40. The maximum atomic E-state index is 13.6. The number of nitro groups is 1. The van der Waals surface area contributed by atoms with Crippen molar-refractivity contribution in [2.45, 2.75) is 0 Å². The molecule has 1 rings (SSSR count). The van der Waals surface area contributed by atoms with Gasteiger partial charge in [-0.3, -0.25) is 14.9 Å². The van der Waals surface area contributed by atoms with Gasteiger partial charge in [-0.2, -0.15) is 4.39 Å². The van der Waals surface area contributed by atoms with Crippen LogP contribution in [0.5, 0.6) is 0 Å². The van der Waals surface area contributed by atoms with Gasteiger partial charge >= 0.3 is 11.7 Å². The van der Waals surface area contributed by atoms with Gasteiger partial charge in [-0.05, 0) is 12.1 Å². The van der Waals surface area contributed by atoms with E-state index in [9.17, 15) is 24.1 Å². The van der Waals surface area contributed by atoms with E-state index in [4.69, 9.17) is 5.11 Å². The number of nitro benzene ring substituents is 1. The molecule has 0 saturated carbocycles. The Labute approximate surface area is 94.1 Å². The lowest BCUT2D eigenvalue weighted by Crippen LogP contribution is -1.99. The minimum absolute atomic E-state index is 0.161. The molecular weight excluding hydrogens is 233 g/mol. The van der Waals surface area contributed by atoms with E-state index in [1.54, 1.807) is 0 Å². The van der Waals surface area contributed by atoms with Crippen LogP contribution < -0.4 is 0 Å². The lowest BCUT2D eigenvalue weighted by molar-refractivity contribution is -0.387. The van der Waals surface area contributed by atoms with Gasteiger partial charge in [0.25, 0.3) is 0 Å². The van der Waals surface area contributed by atoms with Crippen LogP contribution in [0.25, 0.3) is 6.08 Å². The standard InChI is InChI=1S/C10H6FNO5/c11-10-7(2-4-9(14)15)6(5-13)1-3-8(10)12(16)17/h1-5H,(H,14,15)/b4-2+. The molecule has 0 aliphatic rings. The predicted molar refractivity (Wildman–Crippen MR) is 55.1 cm³/mol. The molecular formula is C10H6FNO5. The van der Waals surface area contributed by atoms with Crippen LogP contribution in [0.4, 0.5) is 10.1 Å². The molecule has 0 fully saturated rings. The highest BCUT2D eigenvalue weighted by Gasteiger charge is 2.19. The van der Waals surface area contributed by atoms with Gasteiger partial charge in [0.1, 0.15) is 0 Å². The first kappa shape index (κ1) is 12.5. The summed E-state index contributed by atoms with van der Waals surface area (Å²) in [7, 11) is 0. The fourth-order valence-corrected chi connectivity index (χ4v) is 1.16. The van der Waals surface area contributed by atoms with E-state index in [1.807, 2.05) is 0 Å². The molecule has 0 bridgehead atoms. The maximum Gasteiger partial charge on any atom is 0.328 e. The summed E-state index contributed by atoms with van der Waals surface area (Å²) in [5, 5.41) is 18.8. The van der Waals surface area contributed by atoms with Crippen LogP contribution >= 0.6 is 0 Å². The highest BCUT2D eigenvalue weighted by atomic mass is 19.1. The number of rotatable bonds is 4. The quantitative estimate of drug-likeness (QED) is 0.373. The molecule has 7 heteroatoms. The van der Waals surface area contributed by atoms with E-state index < -0.39 is 28.0 Å². The highest BCUT2D eigenvalue weighted by molar-refractivity contribution is 5.89. The van der Waals surface area contributed by atoms with E-state index in [1.165, 1.54) is 0 Å². The van der Waals surface area contributed by atoms with Gasteiger partial charge in [-0.1, -0.05) is 0 Å². The molecule has 0 unspecified atom stereocenters. The van der Waals surface area contributed by atoms with Gasteiger partial charge in [0.15, 0.2) is 6.29 Å². The van der Waals surface area contributed by atoms with Crippen LogP contribution in [0.15, 0.2) is 18.2 Å². The normalized spacial score (nSPS) is 10.4. The number of aliphatic carboxylic acids is 1. The number of nitrogens with zero attached hydrogens (tertiary/aromatic N) is 1. The Kier molecular flexibility index (Phi) is 3.66. The SMILES string of the molecule is O=Cc1ccc([N+](=O)[O-])c(F)c1/C=C/C(=O)O. The number of carbonyl (C=O) groups is 2. The third-order valence-corrected chi connectivity index (χ3v) is 1.91. The lowest BCUT2D eigenvalue weighted by atomic mass is 10.1. The van der Waals surface area contributed by atoms with Crippen molar-refractivity contribution in [1.82, 2.24) is 0 Å². The van der Waals surface area contributed by atoms with E-state index in [0.717, 1.165) is 18.2 Å². The van der Waals surface area contributed by atoms with Gasteiger partial charge in [-0.15, -0.1) is 0 Å². The summed E-state index contributed by atoms with van der Waals surface area (Å²) >= 11 is 0. The first-order chi connectivity index (χ1) is 7.97. The molecule has 0 aromatic heterocycles. The fourth-order valence-electron chi connectivity index (χ4n) is 1.16. The van der Waals surface area contributed by atoms with Crippen molar-refractivity contribution >= 4 is 24.0 Å². The topological polar surface area (TPSA) is 97.5 Å². The largest absolute Gasteiger partial charge is 0.478 e. The molecule has 0 heterocycles. The predicted octanol–water partition coefficient (Wildman–Crippen LogP) is 1.64. The second-order valence-electron chi connectivity index (χ2n) is 2.95. The molecule has 0 saturated heterocycles. The number of carboxylic acid groups (broad SMARTS) is 1. The van der Waals surface area contributed by atoms with E-state index in [0.29, 0.717) is 6.08 Å². The van der Waals surface area contributed by atoms with Crippen LogP contribution in [-0.2, 0) is 4.79 Å². The van der Waals surface area contributed by atoms with Crippen molar-refractivity contribution in [2.75, 3.05) is 0 Å². The van der Waals surface area contributed by atoms with Crippen LogP contribution in [0.1, 0.15) is 15.9 Å². The zero-order valence-electron chi connectivity index (χ0n) is 8.29. The summed E-state index contributed by atoms with van der Waals surface area (Å²) in [6.07, 6.45) is 1.68. The molecule has 6 nitrogen and oxygen atoms in total. The van der Waals surface area contributed by atoms with E-state index in [2.05, 4.69) is 0 Å². The minimum atomic E-state index is -1.35. The van der Waals surface area contributed by atoms with Crippen molar-refractivity contribution in [3.63, 3.8) is 0 Å². The number of benzene rings is 1. The van der Waals surface area contributed by atoms with Crippen molar-refractivity contribution in [1.29, 1.82) is 0 Å². The minimum Gasteiger partial charge on any atom is -0.478 e. The van der Waals surface area contributed by atoms with Crippen LogP contribution in [0.2, 0.25) is 0 Å². The molecule has 1 aromatic carbocycles. The van der Waals surface area contributed by atoms with Crippen molar-refractivity contribution in [2.24, 2.45) is 0 Å². The second kappa shape index (κ2) is 4.97. The van der Waals surface area contributed by atoms with Crippen LogP contribution in [0, 0.1) is 15.9 Å². The number of carboxylic acids is 1. The highest BCUT2D eigenvalue weighted by Crippen LogP contribution is 2.24. The van der Waals surface area contributed by atoms with E-state index in [-0.39, 0.29) is 11.8 Å². The number of hydrogen-bond acceptors (Lipinski definition) is 4. The number of hydrogen-bond donors (Lipinski definition) is 1. The monoisotopic (exact) mass is 239 g/mol. The second-order valence-corrected chi connectivity index (χ2v) is 2.95. The third kappa shape index (κ3) is 2.71. The average molecular weight is 239 g/mol. The molecule has 88 valence electrons. The Morgan fingerprint density at radius 1 is 1.47 bits per heavy atom. The zero-order valence-corrected chi connectivity index (χ0v) is 8.29. The Morgan fingerprint density at radius 3 is 2.59 bits per heavy atom. The lowest BCUT2D eigenvalue weighted by Gasteiger charge is -2.01. The summed E-state index contributed by atoms with van der Waals surface area (Å²) in [6, 6.07) is 1.90. The Bertz CT molecular complexity index is 524. The summed E-state index contributed by atoms with van der Waals surface area (Å²) in [6.45, 7) is 0. The van der Waals surface area contributed by atoms with Crippen molar-refractivity contribution in [3.05, 3.63) is 45.3 Å². The zero-order chi connectivity index (χ0) is 13.0.